The van der Waals surface area contributed by atoms with Gasteiger partial charge in [-0.2, -0.15) is 0 Å². The fourth-order valence-electron chi connectivity index (χ4n) is 2.81. The second-order valence-electron chi connectivity index (χ2n) is 5.54. The van der Waals surface area contributed by atoms with Gasteiger partial charge in [0.15, 0.2) is 0 Å². The molecule has 1 aromatic carbocycles. The molecule has 0 saturated heterocycles. The number of anilines is 1. The molecule has 0 unspecified atom stereocenters. The van der Waals surface area contributed by atoms with Crippen LogP contribution in [0.1, 0.15) is 17.7 Å². The maximum atomic E-state index is 12.6. The molecule has 0 radical (unpaired) electrons. The minimum Gasteiger partial charge on any atom is -0.497 e. The number of aryl methyl sites for hydroxylation is 1. The third kappa shape index (κ3) is 3.40. The molecule has 0 saturated carbocycles. The Morgan fingerprint density at radius 1 is 1.21 bits per heavy atom. The summed E-state index contributed by atoms with van der Waals surface area (Å²) in [5.41, 5.74) is 2.73. The van der Waals surface area contributed by atoms with Crippen LogP contribution >= 0.6 is 0 Å². The van der Waals surface area contributed by atoms with Crippen LogP contribution in [0.3, 0.4) is 0 Å². The van der Waals surface area contributed by atoms with Crippen LogP contribution in [0.2, 0.25) is 0 Å². The van der Waals surface area contributed by atoms with Gasteiger partial charge in [-0.1, -0.05) is 0 Å². The topological polar surface area (TPSA) is 51.7 Å². The van der Waals surface area contributed by atoms with E-state index in [1.165, 1.54) is 0 Å². The van der Waals surface area contributed by atoms with Crippen molar-refractivity contribution in [3.63, 3.8) is 0 Å². The average molecular weight is 324 g/mol. The van der Waals surface area contributed by atoms with Crippen LogP contribution in [0.15, 0.2) is 42.6 Å². The van der Waals surface area contributed by atoms with E-state index in [-0.39, 0.29) is 5.91 Å². The van der Waals surface area contributed by atoms with Gasteiger partial charge in [0.05, 0.1) is 25.6 Å². The Bertz CT molecular complexity index is 749. The van der Waals surface area contributed by atoms with E-state index in [4.69, 9.17) is 9.47 Å². The molecule has 0 spiro atoms. The van der Waals surface area contributed by atoms with Crippen molar-refractivity contribution >= 4 is 17.7 Å². The van der Waals surface area contributed by atoms with Crippen molar-refractivity contribution in [2.75, 3.05) is 25.7 Å². The summed E-state index contributed by atoms with van der Waals surface area (Å²) in [6.45, 7) is 0.712. The predicted molar refractivity (Wildman–Crippen MR) is 93.5 cm³/mol. The molecule has 2 aromatic rings. The first-order chi connectivity index (χ1) is 11.7. The SMILES string of the molecule is COc1cc(C=CC(=O)N2CCCc3ncccc32)cc(OC)c1. The van der Waals surface area contributed by atoms with Crippen LogP contribution in [0.25, 0.3) is 6.08 Å². The number of carbonyl (C=O) groups excluding carboxylic acids is 1. The minimum atomic E-state index is -0.0502. The van der Waals surface area contributed by atoms with Crippen molar-refractivity contribution in [2.24, 2.45) is 0 Å². The Labute approximate surface area is 141 Å². The molecule has 2 heterocycles. The van der Waals surface area contributed by atoms with E-state index >= 15 is 0 Å². The van der Waals surface area contributed by atoms with Crippen LogP contribution in [-0.4, -0.2) is 31.7 Å². The van der Waals surface area contributed by atoms with E-state index in [1.807, 2.05) is 24.3 Å². The minimum absolute atomic E-state index is 0.0502. The van der Waals surface area contributed by atoms with Crippen LogP contribution in [-0.2, 0) is 11.2 Å². The summed E-state index contributed by atoms with van der Waals surface area (Å²) in [6.07, 6.45) is 6.97. The lowest BCUT2D eigenvalue weighted by Crippen LogP contribution is -2.34. The molecule has 0 fully saturated rings. The van der Waals surface area contributed by atoms with Gasteiger partial charge in [0.25, 0.3) is 5.91 Å². The molecular formula is C19H20N2O3. The molecule has 1 aliphatic rings. The number of methoxy groups -OCH3 is 2. The van der Waals surface area contributed by atoms with Crippen LogP contribution < -0.4 is 14.4 Å². The molecule has 0 bridgehead atoms. The van der Waals surface area contributed by atoms with Crippen LogP contribution in [0.4, 0.5) is 5.69 Å². The normalized spacial score (nSPS) is 13.7. The molecule has 0 atom stereocenters. The number of amides is 1. The Hall–Kier alpha value is -2.82. The van der Waals surface area contributed by atoms with Crippen LogP contribution in [0.5, 0.6) is 11.5 Å². The quantitative estimate of drug-likeness (QED) is 0.811. The van der Waals surface area contributed by atoms with Gasteiger partial charge < -0.3 is 14.4 Å². The number of aromatic nitrogens is 1. The molecule has 24 heavy (non-hydrogen) atoms. The third-order valence-corrected chi connectivity index (χ3v) is 4.01. The van der Waals surface area contributed by atoms with E-state index in [1.54, 1.807) is 43.5 Å². The zero-order chi connectivity index (χ0) is 16.9. The Morgan fingerprint density at radius 3 is 2.67 bits per heavy atom. The lowest BCUT2D eigenvalue weighted by molar-refractivity contribution is -0.114. The first-order valence-electron chi connectivity index (χ1n) is 7.88. The van der Waals surface area contributed by atoms with E-state index in [0.29, 0.717) is 18.0 Å². The molecule has 124 valence electrons. The highest BCUT2D eigenvalue weighted by Crippen LogP contribution is 2.26. The zero-order valence-corrected chi connectivity index (χ0v) is 13.9. The average Bonchev–Trinajstić information content (AvgIpc) is 2.65. The lowest BCUT2D eigenvalue weighted by Gasteiger charge is -2.27. The number of benzene rings is 1. The number of nitrogens with zero attached hydrogens (tertiary/aromatic N) is 2. The van der Waals surface area contributed by atoms with Gasteiger partial charge in [-0.05, 0) is 48.7 Å². The second-order valence-corrected chi connectivity index (χ2v) is 5.54. The fraction of sp³-hybridized carbons (Fsp3) is 0.263. The van der Waals surface area contributed by atoms with E-state index < -0.39 is 0 Å². The number of ether oxygens (including phenoxy) is 2. The predicted octanol–water partition coefficient (Wildman–Crippen LogP) is 3.09. The highest BCUT2D eigenvalue weighted by molar-refractivity contribution is 6.04. The maximum Gasteiger partial charge on any atom is 0.251 e. The summed E-state index contributed by atoms with van der Waals surface area (Å²) >= 11 is 0. The molecule has 5 nitrogen and oxygen atoms in total. The van der Waals surface area contributed by atoms with Gasteiger partial charge in [0, 0.05) is 24.9 Å². The summed E-state index contributed by atoms with van der Waals surface area (Å²) < 4.78 is 10.5. The van der Waals surface area contributed by atoms with Gasteiger partial charge in [0.1, 0.15) is 11.5 Å². The molecule has 1 aliphatic heterocycles. The zero-order valence-electron chi connectivity index (χ0n) is 13.9. The summed E-state index contributed by atoms with van der Waals surface area (Å²) in [5, 5.41) is 0. The molecule has 0 aliphatic carbocycles. The Morgan fingerprint density at radius 2 is 1.96 bits per heavy atom. The summed E-state index contributed by atoms with van der Waals surface area (Å²) in [4.78, 5) is 18.7. The van der Waals surface area contributed by atoms with Crippen molar-refractivity contribution in [1.82, 2.24) is 4.98 Å². The Kier molecular flexibility index (Phi) is 4.79. The molecule has 3 rings (SSSR count). The van der Waals surface area contributed by atoms with Gasteiger partial charge in [-0.15, -0.1) is 0 Å². The van der Waals surface area contributed by atoms with E-state index in [0.717, 1.165) is 29.8 Å². The summed E-state index contributed by atoms with van der Waals surface area (Å²) in [5.74, 6) is 1.33. The van der Waals surface area contributed by atoms with Gasteiger partial charge in [0.2, 0.25) is 0 Å². The highest BCUT2D eigenvalue weighted by Gasteiger charge is 2.21. The van der Waals surface area contributed by atoms with Crippen molar-refractivity contribution in [3.05, 3.63) is 53.9 Å². The number of fused-ring (bicyclic) bond motifs is 1. The monoisotopic (exact) mass is 324 g/mol. The lowest BCUT2D eigenvalue weighted by atomic mass is 10.1. The molecule has 5 heteroatoms. The second kappa shape index (κ2) is 7.17. The number of hydrogen-bond acceptors (Lipinski definition) is 4. The highest BCUT2D eigenvalue weighted by atomic mass is 16.5. The van der Waals surface area contributed by atoms with Gasteiger partial charge >= 0.3 is 0 Å². The smallest absolute Gasteiger partial charge is 0.251 e. The van der Waals surface area contributed by atoms with E-state index in [9.17, 15) is 4.79 Å². The third-order valence-electron chi connectivity index (χ3n) is 4.01. The van der Waals surface area contributed by atoms with Crippen molar-refractivity contribution in [3.8, 4) is 11.5 Å². The number of pyridine rings is 1. The molecule has 1 amide bonds. The summed E-state index contributed by atoms with van der Waals surface area (Å²) in [6, 6.07) is 9.32. The van der Waals surface area contributed by atoms with Crippen molar-refractivity contribution < 1.29 is 14.3 Å². The van der Waals surface area contributed by atoms with Gasteiger partial charge in [-0.25, -0.2) is 0 Å². The first-order valence-corrected chi connectivity index (χ1v) is 7.88. The standard InChI is InChI=1S/C19H20N2O3/c1-23-15-11-14(12-16(13-15)24-2)7-8-19(22)21-10-4-5-17-18(21)6-3-9-20-17/h3,6-9,11-13H,4-5,10H2,1-2H3. The number of rotatable bonds is 4. The fourth-order valence-corrected chi connectivity index (χ4v) is 2.81. The first kappa shape index (κ1) is 16.1. The molecule has 1 aromatic heterocycles. The Balaban J connectivity index is 1.82. The number of hydrogen-bond donors (Lipinski definition) is 0. The largest absolute Gasteiger partial charge is 0.497 e. The van der Waals surface area contributed by atoms with E-state index in [2.05, 4.69) is 4.98 Å². The summed E-state index contributed by atoms with van der Waals surface area (Å²) in [7, 11) is 3.20. The molecular weight excluding hydrogens is 304 g/mol. The van der Waals surface area contributed by atoms with Crippen LogP contribution in [0, 0.1) is 0 Å². The van der Waals surface area contributed by atoms with Gasteiger partial charge in [-0.3, -0.25) is 9.78 Å². The molecule has 0 N–H and O–H groups in total. The van der Waals surface area contributed by atoms with Crippen molar-refractivity contribution in [1.29, 1.82) is 0 Å². The van der Waals surface area contributed by atoms with Crippen molar-refractivity contribution in [2.45, 2.75) is 12.8 Å². The number of carbonyl (C=O) groups is 1. The maximum absolute atomic E-state index is 12.6.